The van der Waals surface area contributed by atoms with E-state index < -0.39 is 0 Å². The zero-order valence-corrected chi connectivity index (χ0v) is 14.4. The standard InChI is InChI=1S/C18H21NO5/c1-11-9-15(23-4)16(24-5)10-12(11)19-18(20)17-13(21-2)7-6-8-14(17)22-3/h6-10H,1-5H3,(H,19,20). The quantitative estimate of drug-likeness (QED) is 0.880. The lowest BCUT2D eigenvalue weighted by atomic mass is 10.1. The molecule has 2 rings (SSSR count). The first-order valence-corrected chi connectivity index (χ1v) is 7.30. The molecule has 0 saturated carbocycles. The van der Waals surface area contributed by atoms with Gasteiger partial charge in [-0.15, -0.1) is 0 Å². The minimum atomic E-state index is -0.334. The molecule has 128 valence electrons. The minimum Gasteiger partial charge on any atom is -0.496 e. The van der Waals surface area contributed by atoms with Gasteiger partial charge >= 0.3 is 0 Å². The van der Waals surface area contributed by atoms with Gasteiger partial charge in [0.15, 0.2) is 11.5 Å². The Morgan fingerprint density at radius 1 is 0.833 bits per heavy atom. The van der Waals surface area contributed by atoms with E-state index in [1.807, 2.05) is 6.92 Å². The summed E-state index contributed by atoms with van der Waals surface area (Å²) in [6.45, 7) is 1.87. The van der Waals surface area contributed by atoms with Gasteiger partial charge in [0.25, 0.3) is 5.91 Å². The molecule has 0 heterocycles. The van der Waals surface area contributed by atoms with Gasteiger partial charge < -0.3 is 24.3 Å². The first-order chi connectivity index (χ1) is 11.5. The van der Waals surface area contributed by atoms with Gasteiger partial charge in [-0.2, -0.15) is 0 Å². The largest absolute Gasteiger partial charge is 0.496 e. The van der Waals surface area contributed by atoms with Crippen LogP contribution in [0.3, 0.4) is 0 Å². The number of carbonyl (C=O) groups excluding carboxylic acids is 1. The fourth-order valence-electron chi connectivity index (χ4n) is 2.38. The SMILES string of the molecule is COc1cc(C)c(NC(=O)c2c(OC)cccc2OC)cc1OC. The molecule has 0 aliphatic carbocycles. The van der Waals surface area contributed by atoms with Crippen molar-refractivity contribution in [3.8, 4) is 23.0 Å². The monoisotopic (exact) mass is 331 g/mol. The van der Waals surface area contributed by atoms with E-state index in [0.29, 0.717) is 34.2 Å². The normalized spacial score (nSPS) is 10.0. The smallest absolute Gasteiger partial charge is 0.263 e. The highest BCUT2D eigenvalue weighted by Crippen LogP contribution is 2.34. The third kappa shape index (κ3) is 3.37. The number of nitrogens with one attached hydrogen (secondary N) is 1. The molecule has 0 spiro atoms. The highest BCUT2D eigenvalue weighted by molar-refractivity contribution is 6.08. The van der Waals surface area contributed by atoms with Crippen LogP contribution >= 0.6 is 0 Å². The van der Waals surface area contributed by atoms with Crippen LogP contribution in [-0.2, 0) is 0 Å². The van der Waals surface area contributed by atoms with Gasteiger partial charge in [-0.25, -0.2) is 0 Å². The lowest BCUT2D eigenvalue weighted by Crippen LogP contribution is -2.15. The molecule has 0 aliphatic heterocycles. The zero-order chi connectivity index (χ0) is 17.7. The lowest BCUT2D eigenvalue weighted by Gasteiger charge is -2.16. The Morgan fingerprint density at radius 2 is 1.33 bits per heavy atom. The van der Waals surface area contributed by atoms with Gasteiger partial charge in [-0.3, -0.25) is 4.79 Å². The molecule has 0 aliphatic rings. The third-order valence-corrected chi connectivity index (χ3v) is 3.63. The number of hydrogen-bond acceptors (Lipinski definition) is 5. The van der Waals surface area contributed by atoms with E-state index in [1.54, 1.807) is 44.6 Å². The summed E-state index contributed by atoms with van der Waals surface area (Å²) in [5, 5.41) is 2.87. The molecule has 2 aromatic carbocycles. The van der Waals surface area contributed by atoms with E-state index >= 15 is 0 Å². The lowest BCUT2D eigenvalue weighted by molar-refractivity contribution is 0.102. The molecule has 1 amide bonds. The number of carbonyl (C=O) groups is 1. The number of benzene rings is 2. The van der Waals surface area contributed by atoms with Crippen molar-refractivity contribution in [2.24, 2.45) is 0 Å². The van der Waals surface area contributed by atoms with Crippen LogP contribution < -0.4 is 24.3 Å². The average Bonchev–Trinajstić information content (AvgIpc) is 2.61. The molecule has 6 heteroatoms. The highest BCUT2D eigenvalue weighted by atomic mass is 16.5. The first-order valence-electron chi connectivity index (χ1n) is 7.30. The van der Waals surface area contributed by atoms with Crippen molar-refractivity contribution in [3.05, 3.63) is 41.5 Å². The average molecular weight is 331 g/mol. The van der Waals surface area contributed by atoms with Gasteiger partial charge in [0, 0.05) is 11.8 Å². The van der Waals surface area contributed by atoms with Crippen LogP contribution in [0, 0.1) is 6.92 Å². The van der Waals surface area contributed by atoms with Crippen molar-refractivity contribution in [2.75, 3.05) is 33.8 Å². The Balaban J connectivity index is 2.41. The van der Waals surface area contributed by atoms with Crippen molar-refractivity contribution >= 4 is 11.6 Å². The third-order valence-electron chi connectivity index (χ3n) is 3.63. The number of aryl methyl sites for hydroxylation is 1. The number of methoxy groups -OCH3 is 4. The highest BCUT2D eigenvalue weighted by Gasteiger charge is 2.19. The Labute approximate surface area is 141 Å². The van der Waals surface area contributed by atoms with Gasteiger partial charge in [-0.05, 0) is 30.7 Å². The minimum absolute atomic E-state index is 0.330. The van der Waals surface area contributed by atoms with Crippen molar-refractivity contribution in [1.82, 2.24) is 0 Å². The molecule has 0 bridgehead atoms. The summed E-state index contributed by atoms with van der Waals surface area (Å²) in [5.41, 5.74) is 1.79. The summed E-state index contributed by atoms with van der Waals surface area (Å²) < 4.78 is 21.1. The maximum atomic E-state index is 12.7. The molecule has 24 heavy (non-hydrogen) atoms. The van der Waals surface area contributed by atoms with Crippen LogP contribution in [0.2, 0.25) is 0 Å². The van der Waals surface area contributed by atoms with Crippen molar-refractivity contribution < 1.29 is 23.7 Å². The Kier molecular flexibility index (Phi) is 5.52. The molecule has 2 aromatic rings. The predicted molar refractivity (Wildman–Crippen MR) is 91.8 cm³/mol. The molecular formula is C18H21NO5. The van der Waals surface area contributed by atoms with Crippen LogP contribution in [-0.4, -0.2) is 34.3 Å². The molecule has 1 N–H and O–H groups in total. The number of amides is 1. The van der Waals surface area contributed by atoms with Crippen LogP contribution in [0.4, 0.5) is 5.69 Å². The summed E-state index contributed by atoms with van der Waals surface area (Å²) in [6, 6.07) is 8.69. The van der Waals surface area contributed by atoms with Crippen molar-refractivity contribution in [3.63, 3.8) is 0 Å². The van der Waals surface area contributed by atoms with E-state index in [1.165, 1.54) is 14.2 Å². The fraction of sp³-hybridized carbons (Fsp3) is 0.278. The molecule has 6 nitrogen and oxygen atoms in total. The van der Waals surface area contributed by atoms with E-state index in [0.717, 1.165) is 5.56 Å². The maximum absolute atomic E-state index is 12.7. The number of anilines is 1. The zero-order valence-electron chi connectivity index (χ0n) is 14.4. The molecule has 0 atom stereocenters. The second-order valence-corrected chi connectivity index (χ2v) is 5.01. The fourth-order valence-corrected chi connectivity index (χ4v) is 2.38. The summed E-state index contributed by atoms with van der Waals surface area (Å²) >= 11 is 0. The summed E-state index contributed by atoms with van der Waals surface area (Å²) in [5.74, 6) is 1.67. The summed E-state index contributed by atoms with van der Waals surface area (Å²) in [7, 11) is 6.12. The van der Waals surface area contributed by atoms with E-state index in [9.17, 15) is 4.79 Å². The number of hydrogen-bond donors (Lipinski definition) is 1. The van der Waals surface area contributed by atoms with E-state index in [2.05, 4.69) is 5.32 Å². The van der Waals surface area contributed by atoms with Crippen LogP contribution in [0.5, 0.6) is 23.0 Å². The van der Waals surface area contributed by atoms with Crippen LogP contribution in [0.1, 0.15) is 15.9 Å². The van der Waals surface area contributed by atoms with Crippen LogP contribution in [0.15, 0.2) is 30.3 Å². The van der Waals surface area contributed by atoms with Gasteiger partial charge in [0.05, 0.1) is 28.4 Å². The van der Waals surface area contributed by atoms with Gasteiger partial charge in [-0.1, -0.05) is 6.07 Å². The summed E-state index contributed by atoms with van der Waals surface area (Å²) in [4.78, 5) is 12.7. The predicted octanol–water partition coefficient (Wildman–Crippen LogP) is 3.28. The van der Waals surface area contributed by atoms with Gasteiger partial charge in [0.1, 0.15) is 17.1 Å². The van der Waals surface area contributed by atoms with Crippen molar-refractivity contribution in [1.29, 1.82) is 0 Å². The maximum Gasteiger partial charge on any atom is 0.263 e. The Hall–Kier alpha value is -2.89. The second kappa shape index (κ2) is 7.59. The Bertz CT molecular complexity index is 720. The first kappa shape index (κ1) is 17.5. The van der Waals surface area contributed by atoms with E-state index in [4.69, 9.17) is 18.9 Å². The molecular weight excluding hydrogens is 310 g/mol. The second-order valence-electron chi connectivity index (χ2n) is 5.01. The topological polar surface area (TPSA) is 66.0 Å². The van der Waals surface area contributed by atoms with Gasteiger partial charge in [0.2, 0.25) is 0 Å². The summed E-state index contributed by atoms with van der Waals surface area (Å²) in [6.07, 6.45) is 0. The molecule has 0 fully saturated rings. The molecule has 0 saturated heterocycles. The Morgan fingerprint density at radius 3 is 1.83 bits per heavy atom. The molecule has 0 radical (unpaired) electrons. The molecule has 0 aromatic heterocycles. The van der Waals surface area contributed by atoms with E-state index in [-0.39, 0.29) is 5.91 Å². The van der Waals surface area contributed by atoms with Crippen LogP contribution in [0.25, 0.3) is 0 Å². The van der Waals surface area contributed by atoms with Crippen molar-refractivity contribution in [2.45, 2.75) is 6.92 Å². The number of ether oxygens (including phenoxy) is 4. The molecule has 0 unspecified atom stereocenters. The number of rotatable bonds is 6.